The van der Waals surface area contributed by atoms with Gasteiger partial charge in [-0.2, -0.15) is 0 Å². The van der Waals surface area contributed by atoms with Crippen LogP contribution < -0.4 is 5.32 Å². The lowest BCUT2D eigenvalue weighted by atomic mass is 9.80. The molecule has 0 bridgehead atoms. The van der Waals surface area contributed by atoms with E-state index in [1.807, 2.05) is 20.9 Å². The van der Waals surface area contributed by atoms with Crippen molar-refractivity contribution in [2.75, 3.05) is 27.4 Å². The third-order valence-electron chi connectivity index (χ3n) is 3.68. The smallest absolute Gasteiger partial charge is 0.326 e. The number of carbonyl (C=O) groups excluding carboxylic acids is 1. The van der Waals surface area contributed by atoms with Crippen molar-refractivity contribution in [3.8, 4) is 0 Å². The molecule has 5 nitrogen and oxygen atoms in total. The molecule has 0 aromatic carbocycles. The molecule has 1 saturated carbocycles. The van der Waals surface area contributed by atoms with E-state index in [1.165, 1.54) is 0 Å². The summed E-state index contributed by atoms with van der Waals surface area (Å²) in [6.07, 6.45) is 3.54. The van der Waals surface area contributed by atoms with Crippen LogP contribution in [0.5, 0.6) is 0 Å². The summed E-state index contributed by atoms with van der Waals surface area (Å²) in [7, 11) is 3.48. The minimum absolute atomic E-state index is 0.0462. The Labute approximate surface area is 116 Å². The summed E-state index contributed by atoms with van der Waals surface area (Å²) in [6.45, 7) is 4.80. The molecule has 0 aliphatic heterocycles. The first-order valence-electron chi connectivity index (χ1n) is 7.08. The van der Waals surface area contributed by atoms with Crippen LogP contribution in [-0.4, -0.2) is 51.1 Å². The molecule has 0 spiro atoms. The molecule has 1 rings (SSSR count). The molecule has 1 aliphatic carbocycles. The summed E-state index contributed by atoms with van der Waals surface area (Å²) < 4.78 is 16.2. The van der Waals surface area contributed by atoms with Gasteiger partial charge in [0.05, 0.1) is 25.4 Å². The number of hydrogen-bond donors (Lipinski definition) is 1. The summed E-state index contributed by atoms with van der Waals surface area (Å²) in [4.78, 5) is 12.1. The number of carbonyl (C=O) groups is 1. The Balaban J connectivity index is 2.62. The van der Waals surface area contributed by atoms with Gasteiger partial charge in [-0.25, -0.2) is 0 Å². The van der Waals surface area contributed by atoms with E-state index in [0.29, 0.717) is 19.6 Å². The summed E-state index contributed by atoms with van der Waals surface area (Å²) in [6, 6.07) is 0. The maximum Gasteiger partial charge on any atom is 0.326 e. The number of esters is 1. The largest absolute Gasteiger partial charge is 0.465 e. The highest BCUT2D eigenvalue weighted by Crippen LogP contribution is 2.31. The normalized spacial score (nSPS) is 28.9. The number of hydrogen-bond acceptors (Lipinski definition) is 5. The molecule has 0 aromatic heterocycles. The van der Waals surface area contributed by atoms with Gasteiger partial charge in [0.25, 0.3) is 0 Å². The first-order valence-corrected chi connectivity index (χ1v) is 7.08. The van der Waals surface area contributed by atoms with Crippen molar-refractivity contribution in [1.29, 1.82) is 0 Å². The minimum Gasteiger partial charge on any atom is -0.465 e. The third-order valence-corrected chi connectivity index (χ3v) is 3.68. The molecule has 5 heteroatoms. The van der Waals surface area contributed by atoms with E-state index < -0.39 is 5.54 Å². The minimum atomic E-state index is -0.592. The van der Waals surface area contributed by atoms with E-state index in [-0.39, 0.29) is 18.2 Å². The molecule has 0 aromatic rings. The lowest BCUT2D eigenvalue weighted by Gasteiger charge is -2.39. The number of rotatable bonds is 7. The number of nitrogens with one attached hydrogen (secondary N) is 1. The second kappa shape index (κ2) is 7.82. The molecule has 0 saturated heterocycles. The molecule has 0 radical (unpaired) electrons. The molecule has 1 N–H and O–H groups in total. The van der Waals surface area contributed by atoms with E-state index in [1.54, 1.807) is 7.11 Å². The van der Waals surface area contributed by atoms with Crippen LogP contribution in [0, 0.1) is 0 Å². The lowest BCUT2D eigenvalue weighted by Crippen LogP contribution is -2.55. The first-order chi connectivity index (χ1) is 9.07. The van der Waals surface area contributed by atoms with Crippen LogP contribution >= 0.6 is 0 Å². The Morgan fingerprint density at radius 2 is 2.26 bits per heavy atom. The molecule has 19 heavy (non-hydrogen) atoms. The van der Waals surface area contributed by atoms with Crippen molar-refractivity contribution >= 4 is 5.97 Å². The zero-order valence-corrected chi connectivity index (χ0v) is 12.5. The molecule has 1 fully saturated rings. The van der Waals surface area contributed by atoms with Crippen molar-refractivity contribution in [1.82, 2.24) is 5.32 Å². The van der Waals surface area contributed by atoms with Gasteiger partial charge in [0.1, 0.15) is 5.54 Å². The summed E-state index contributed by atoms with van der Waals surface area (Å²) in [5.41, 5.74) is -0.592. The predicted molar refractivity (Wildman–Crippen MR) is 73.1 cm³/mol. The first kappa shape index (κ1) is 16.4. The highest BCUT2D eigenvalue weighted by atomic mass is 16.5. The van der Waals surface area contributed by atoms with Crippen molar-refractivity contribution < 1.29 is 19.0 Å². The fourth-order valence-electron chi connectivity index (χ4n) is 2.73. The SMILES string of the molecule is CCOC(=O)C1(NC)CCCC(OC(C)COC)C1. The number of ether oxygens (including phenoxy) is 3. The molecule has 3 atom stereocenters. The number of methoxy groups -OCH3 is 1. The summed E-state index contributed by atoms with van der Waals surface area (Å²) in [5, 5.41) is 3.15. The van der Waals surface area contributed by atoms with Crippen LogP contribution in [-0.2, 0) is 19.0 Å². The summed E-state index contributed by atoms with van der Waals surface area (Å²) >= 11 is 0. The maximum absolute atomic E-state index is 12.1. The van der Waals surface area contributed by atoms with Crippen LogP contribution in [0.3, 0.4) is 0 Å². The topological polar surface area (TPSA) is 56.8 Å². The van der Waals surface area contributed by atoms with Gasteiger partial charge in [-0.3, -0.25) is 4.79 Å². The van der Waals surface area contributed by atoms with Crippen LogP contribution in [0.15, 0.2) is 0 Å². The van der Waals surface area contributed by atoms with Crippen molar-refractivity contribution in [3.05, 3.63) is 0 Å². The maximum atomic E-state index is 12.1. The van der Waals surface area contributed by atoms with Gasteiger partial charge < -0.3 is 19.5 Å². The average Bonchev–Trinajstić information content (AvgIpc) is 2.39. The third kappa shape index (κ3) is 4.44. The van der Waals surface area contributed by atoms with Gasteiger partial charge in [-0.1, -0.05) is 0 Å². The predicted octanol–water partition coefficient (Wildman–Crippen LogP) is 1.50. The van der Waals surface area contributed by atoms with Gasteiger partial charge >= 0.3 is 5.97 Å². The second-order valence-electron chi connectivity index (χ2n) is 5.17. The van der Waals surface area contributed by atoms with E-state index in [0.717, 1.165) is 19.3 Å². The fraction of sp³-hybridized carbons (Fsp3) is 0.929. The zero-order chi connectivity index (χ0) is 14.3. The van der Waals surface area contributed by atoms with Gasteiger partial charge in [0.15, 0.2) is 0 Å². The van der Waals surface area contributed by atoms with Crippen LogP contribution in [0.4, 0.5) is 0 Å². The van der Waals surface area contributed by atoms with Crippen LogP contribution in [0.2, 0.25) is 0 Å². The highest BCUT2D eigenvalue weighted by Gasteiger charge is 2.43. The van der Waals surface area contributed by atoms with Crippen molar-refractivity contribution in [3.63, 3.8) is 0 Å². The van der Waals surface area contributed by atoms with Crippen LogP contribution in [0.1, 0.15) is 39.5 Å². The lowest BCUT2D eigenvalue weighted by molar-refractivity contribution is -0.156. The Bertz CT molecular complexity index is 285. The van der Waals surface area contributed by atoms with E-state index in [4.69, 9.17) is 14.2 Å². The quantitative estimate of drug-likeness (QED) is 0.712. The molecular formula is C14H27NO4. The number of likely N-dealkylation sites (N-methyl/N-ethyl adjacent to an activating group) is 1. The standard InChI is InChI=1S/C14H27NO4/c1-5-18-13(16)14(15-3)8-6-7-12(9-14)19-11(2)10-17-4/h11-12,15H,5-10H2,1-4H3. The Hall–Kier alpha value is -0.650. The molecule has 0 heterocycles. The van der Waals surface area contributed by atoms with Gasteiger partial charge in [0.2, 0.25) is 0 Å². The summed E-state index contributed by atoms with van der Waals surface area (Å²) in [5.74, 6) is -0.162. The monoisotopic (exact) mass is 273 g/mol. The Kier molecular flexibility index (Phi) is 6.75. The van der Waals surface area contributed by atoms with Crippen molar-refractivity contribution in [2.45, 2.75) is 57.3 Å². The van der Waals surface area contributed by atoms with E-state index in [2.05, 4.69) is 5.32 Å². The Morgan fingerprint density at radius 1 is 1.53 bits per heavy atom. The van der Waals surface area contributed by atoms with Gasteiger partial charge in [-0.15, -0.1) is 0 Å². The van der Waals surface area contributed by atoms with Gasteiger partial charge in [-0.05, 0) is 40.2 Å². The zero-order valence-electron chi connectivity index (χ0n) is 12.5. The molecular weight excluding hydrogens is 246 g/mol. The average molecular weight is 273 g/mol. The molecule has 0 amide bonds. The van der Waals surface area contributed by atoms with Crippen LogP contribution in [0.25, 0.3) is 0 Å². The van der Waals surface area contributed by atoms with Crippen molar-refractivity contribution in [2.24, 2.45) is 0 Å². The molecule has 3 unspecified atom stereocenters. The Morgan fingerprint density at radius 3 is 2.84 bits per heavy atom. The fourth-order valence-corrected chi connectivity index (χ4v) is 2.73. The van der Waals surface area contributed by atoms with E-state index >= 15 is 0 Å². The second-order valence-corrected chi connectivity index (χ2v) is 5.17. The highest BCUT2D eigenvalue weighted by molar-refractivity contribution is 5.81. The van der Waals surface area contributed by atoms with E-state index in [9.17, 15) is 4.79 Å². The molecule has 1 aliphatic rings. The van der Waals surface area contributed by atoms with Gasteiger partial charge in [0, 0.05) is 13.5 Å². The molecule has 112 valence electrons.